The molecule has 0 spiro atoms. The van der Waals surface area contributed by atoms with Crippen LogP contribution < -0.4 is 16.9 Å². The molecule has 8 nitrogen and oxygen atoms in total. The number of hydrogen-bond acceptors (Lipinski definition) is 6. The molecule has 5 rings (SSSR count). The number of pyridine rings is 1. The second-order valence-corrected chi connectivity index (χ2v) is 9.47. The summed E-state index contributed by atoms with van der Waals surface area (Å²) in [5.74, 6) is -0.799. The lowest BCUT2D eigenvalue weighted by Crippen LogP contribution is -2.24. The predicted octanol–water partition coefficient (Wildman–Crippen LogP) is 6.44. The summed E-state index contributed by atoms with van der Waals surface area (Å²) in [6, 6.07) is 2.38. The van der Waals surface area contributed by atoms with Crippen molar-refractivity contribution in [1.82, 2.24) is 24.7 Å². The quantitative estimate of drug-likeness (QED) is 0.255. The molecule has 0 bridgehead atoms. The Hall–Kier alpha value is -3.94. The molecule has 3 aromatic heterocycles. The van der Waals surface area contributed by atoms with Gasteiger partial charge in [0.25, 0.3) is 17.5 Å². The van der Waals surface area contributed by atoms with Crippen molar-refractivity contribution in [3.05, 3.63) is 79.6 Å². The van der Waals surface area contributed by atoms with E-state index >= 15 is 0 Å². The summed E-state index contributed by atoms with van der Waals surface area (Å²) in [6.07, 6.45) is 5.58. The summed E-state index contributed by atoms with van der Waals surface area (Å²) in [5.41, 5.74) is 0.716. The molecule has 1 aliphatic carbocycles. The molecule has 15 heteroatoms. The molecule has 220 valence electrons. The van der Waals surface area contributed by atoms with E-state index in [-0.39, 0.29) is 27.4 Å². The maximum Gasteiger partial charge on any atom is 0.423 e. The molecule has 3 N–H and O–H groups in total. The van der Waals surface area contributed by atoms with Crippen LogP contribution in [-0.4, -0.2) is 24.7 Å². The molecule has 0 unspecified atom stereocenters. The Morgan fingerprint density at radius 2 is 1.54 bits per heavy atom. The van der Waals surface area contributed by atoms with E-state index in [9.17, 15) is 35.9 Å². The maximum atomic E-state index is 14.3. The van der Waals surface area contributed by atoms with Crippen LogP contribution in [0.3, 0.4) is 0 Å². The van der Waals surface area contributed by atoms with Gasteiger partial charge in [-0.2, -0.15) is 18.3 Å². The minimum Gasteiger partial charge on any atom is -0.397 e. The largest absolute Gasteiger partial charge is 0.423 e. The van der Waals surface area contributed by atoms with Crippen LogP contribution >= 0.6 is 11.6 Å². The highest BCUT2D eigenvalue weighted by molar-refractivity contribution is 6.35. The van der Waals surface area contributed by atoms with E-state index in [0.717, 1.165) is 24.7 Å². The highest BCUT2D eigenvalue weighted by atomic mass is 35.5. The third-order valence-corrected chi connectivity index (χ3v) is 6.36. The van der Waals surface area contributed by atoms with Crippen LogP contribution in [0.25, 0.3) is 22.2 Å². The molecule has 0 radical (unpaired) electrons. The molecular weight excluding hydrogens is 578 g/mol. The van der Waals surface area contributed by atoms with E-state index in [1.54, 1.807) is 5.10 Å². The molecule has 1 saturated carbocycles. The Bertz CT molecular complexity index is 1590. The summed E-state index contributed by atoms with van der Waals surface area (Å²) in [5, 5.41) is 5.45. The van der Waals surface area contributed by atoms with E-state index in [0.29, 0.717) is 5.39 Å². The van der Waals surface area contributed by atoms with Gasteiger partial charge in [0.2, 0.25) is 0 Å². The molecule has 1 fully saturated rings. The lowest BCUT2D eigenvalue weighted by atomic mass is 10.0. The number of benzene rings is 1. The van der Waals surface area contributed by atoms with Crippen molar-refractivity contribution in [2.45, 2.75) is 51.1 Å². The molecule has 1 aliphatic rings. The van der Waals surface area contributed by atoms with Gasteiger partial charge < -0.3 is 10.3 Å². The number of nitrogens with zero attached hydrogens (tertiary/aromatic N) is 4. The van der Waals surface area contributed by atoms with Gasteiger partial charge >= 0.3 is 6.18 Å². The molecular formula is C26H25ClF6N6O2. The molecule has 0 atom stereocenters. The van der Waals surface area contributed by atoms with Gasteiger partial charge in [0, 0.05) is 31.0 Å². The summed E-state index contributed by atoms with van der Waals surface area (Å²) >= 11 is 6.09. The Labute approximate surface area is 234 Å². The number of nitrogen functional groups attached to an aromatic ring is 1. The number of anilines is 1. The van der Waals surface area contributed by atoms with Crippen LogP contribution in [0.5, 0.6) is 0 Å². The van der Waals surface area contributed by atoms with E-state index < -0.39 is 40.8 Å². The van der Waals surface area contributed by atoms with Crippen LogP contribution in [0.15, 0.2) is 46.5 Å². The first-order chi connectivity index (χ1) is 19.3. The zero-order valence-electron chi connectivity index (χ0n) is 21.6. The first-order valence-corrected chi connectivity index (χ1v) is 12.7. The first-order valence-electron chi connectivity index (χ1n) is 12.3. The SMILES string of the molecule is C1CCCCC1.Cn1cc(Cl)c2cc(-c3ncc(C(F)F)cn3)c(F)cc2c1=O.Nc1cn[nH]c(=O)c1C(F)(F)F. The average Bonchev–Trinajstić information content (AvgIpc) is 2.92. The highest BCUT2D eigenvalue weighted by Crippen LogP contribution is 2.30. The lowest BCUT2D eigenvalue weighted by Gasteiger charge is -2.08. The zero-order valence-corrected chi connectivity index (χ0v) is 22.4. The standard InChI is InChI=1S/C15H9ClF3N3O.C6H12.C5H4F3N3O/c1-22-6-11(16)8-2-10(12(17)3-9(8)15(22)23)14-20-4-7(5-21-14)13(18)19;1-2-4-6-5-3-1;6-5(7,8)3-2(9)1-10-11-4(3)12/h2-6,13H,1H3;1-6H2;1H,(H3,9,11,12). The van der Waals surface area contributed by atoms with E-state index in [2.05, 4.69) is 15.1 Å². The number of hydrogen-bond donors (Lipinski definition) is 2. The summed E-state index contributed by atoms with van der Waals surface area (Å²) in [4.78, 5) is 30.1. The predicted molar refractivity (Wildman–Crippen MR) is 142 cm³/mol. The zero-order chi connectivity index (χ0) is 30.3. The number of nitrogens with one attached hydrogen (secondary N) is 1. The molecule has 3 heterocycles. The van der Waals surface area contributed by atoms with Crippen LogP contribution in [0, 0.1) is 5.82 Å². The Morgan fingerprint density at radius 1 is 0.976 bits per heavy atom. The fraction of sp³-hybridized carbons (Fsp3) is 0.346. The van der Waals surface area contributed by atoms with Crippen molar-refractivity contribution in [2.75, 3.05) is 5.73 Å². The van der Waals surface area contributed by atoms with Crippen molar-refractivity contribution >= 4 is 28.1 Å². The fourth-order valence-corrected chi connectivity index (χ4v) is 4.26. The number of nitrogens with two attached hydrogens (primary N) is 1. The smallest absolute Gasteiger partial charge is 0.397 e. The highest BCUT2D eigenvalue weighted by Gasteiger charge is 2.36. The molecule has 0 saturated heterocycles. The van der Waals surface area contributed by atoms with Crippen molar-refractivity contribution in [3.63, 3.8) is 0 Å². The van der Waals surface area contributed by atoms with Gasteiger partial charge in [-0.3, -0.25) is 9.59 Å². The number of aromatic nitrogens is 5. The van der Waals surface area contributed by atoms with Gasteiger partial charge in [-0.25, -0.2) is 28.2 Å². The molecule has 4 aromatic rings. The van der Waals surface area contributed by atoms with Gasteiger partial charge in [-0.15, -0.1) is 0 Å². The number of rotatable bonds is 2. The van der Waals surface area contributed by atoms with E-state index in [1.165, 1.54) is 62.4 Å². The second-order valence-electron chi connectivity index (χ2n) is 9.06. The van der Waals surface area contributed by atoms with Crippen LogP contribution in [0.2, 0.25) is 5.02 Å². The molecule has 1 aromatic carbocycles. The maximum absolute atomic E-state index is 14.3. The summed E-state index contributed by atoms with van der Waals surface area (Å²) in [7, 11) is 1.51. The number of aryl methyl sites for hydroxylation is 1. The normalized spacial score (nSPS) is 13.3. The number of aromatic amines is 1. The molecule has 41 heavy (non-hydrogen) atoms. The minimum atomic E-state index is -4.74. The number of fused-ring (bicyclic) bond motifs is 1. The van der Waals surface area contributed by atoms with E-state index in [1.807, 2.05) is 0 Å². The van der Waals surface area contributed by atoms with Gasteiger partial charge in [-0.1, -0.05) is 50.1 Å². The number of halogens is 7. The second kappa shape index (κ2) is 13.6. The van der Waals surface area contributed by atoms with Gasteiger partial charge in [0.05, 0.1) is 33.4 Å². The van der Waals surface area contributed by atoms with Gasteiger partial charge in [-0.05, 0) is 12.1 Å². The van der Waals surface area contributed by atoms with Crippen molar-refractivity contribution in [2.24, 2.45) is 7.05 Å². The summed E-state index contributed by atoms with van der Waals surface area (Å²) in [6.45, 7) is 0. The van der Waals surface area contributed by atoms with Crippen molar-refractivity contribution in [1.29, 1.82) is 0 Å². The van der Waals surface area contributed by atoms with Crippen molar-refractivity contribution < 1.29 is 26.3 Å². The third kappa shape index (κ3) is 8.06. The summed E-state index contributed by atoms with van der Waals surface area (Å²) < 4.78 is 76.5. The van der Waals surface area contributed by atoms with Crippen LogP contribution in [0.1, 0.15) is 56.1 Å². The number of H-pyrrole nitrogens is 1. The first kappa shape index (κ1) is 31.6. The fourth-order valence-electron chi connectivity index (χ4n) is 3.96. The van der Waals surface area contributed by atoms with E-state index in [4.69, 9.17) is 17.3 Å². The molecule has 0 amide bonds. The van der Waals surface area contributed by atoms with Crippen LogP contribution in [-0.2, 0) is 13.2 Å². The van der Waals surface area contributed by atoms with Crippen LogP contribution in [0.4, 0.5) is 32.0 Å². The monoisotopic (exact) mass is 602 g/mol. The van der Waals surface area contributed by atoms with Crippen molar-refractivity contribution in [3.8, 4) is 11.4 Å². The Balaban J connectivity index is 0.000000212. The third-order valence-electron chi connectivity index (χ3n) is 6.06. The minimum absolute atomic E-state index is 0.0199. The van der Waals surface area contributed by atoms with Gasteiger partial charge in [0.15, 0.2) is 5.82 Å². The number of alkyl halides is 5. The lowest BCUT2D eigenvalue weighted by molar-refractivity contribution is -0.138. The molecule has 0 aliphatic heterocycles. The topological polar surface area (TPSA) is 120 Å². The Kier molecular flexibility index (Phi) is 10.5. The average molecular weight is 603 g/mol. The Morgan fingerprint density at radius 3 is 2.00 bits per heavy atom. The van der Waals surface area contributed by atoms with Gasteiger partial charge in [0.1, 0.15) is 11.4 Å².